The normalized spacial score (nSPS) is 14.3. The summed E-state index contributed by atoms with van der Waals surface area (Å²) in [5, 5.41) is 27.2. The predicted octanol–water partition coefficient (Wildman–Crippen LogP) is 1.73. The number of carbonyl (C=O) groups excluding carboxylic acids is 1. The van der Waals surface area contributed by atoms with Crippen molar-refractivity contribution in [3.8, 4) is 0 Å². The van der Waals surface area contributed by atoms with Crippen LogP contribution in [0.2, 0.25) is 0 Å². The molecule has 6 N–H and O–H groups in total. The molecule has 0 saturated heterocycles. The van der Waals surface area contributed by atoms with Gasteiger partial charge in [0.2, 0.25) is 0 Å². The van der Waals surface area contributed by atoms with Crippen LogP contribution in [0.25, 0.3) is 0 Å². The molecule has 8 heteroatoms. The number of hydrogen-bond donors (Lipinski definition) is 4. The van der Waals surface area contributed by atoms with E-state index in [-0.39, 0.29) is 12.3 Å². The summed E-state index contributed by atoms with van der Waals surface area (Å²) in [6.07, 6.45) is 1.91. The number of esters is 1. The second-order valence-electron chi connectivity index (χ2n) is 5.10. The molecule has 2 atom stereocenters. The summed E-state index contributed by atoms with van der Waals surface area (Å²) in [6.45, 7) is 3.89. The highest BCUT2D eigenvalue weighted by Crippen LogP contribution is 2.19. The Balaban J connectivity index is 0. The molecule has 0 bridgehead atoms. The van der Waals surface area contributed by atoms with Crippen molar-refractivity contribution in [2.75, 3.05) is 0 Å². The summed E-state index contributed by atoms with van der Waals surface area (Å²) in [5.41, 5.74) is -2.63. The number of carboxylic acids is 2. The van der Waals surface area contributed by atoms with E-state index >= 15 is 0 Å². The zero-order valence-electron chi connectivity index (χ0n) is 13.2. The van der Waals surface area contributed by atoms with Gasteiger partial charge in [0.05, 0.1) is 12.8 Å². The predicted molar refractivity (Wildman–Crippen MR) is 78.8 cm³/mol. The average molecular weight is 321 g/mol. The molecular formula is C14H27NO7. The molecule has 2 unspecified atom stereocenters. The van der Waals surface area contributed by atoms with Crippen LogP contribution in [0.15, 0.2) is 0 Å². The van der Waals surface area contributed by atoms with Crippen molar-refractivity contribution in [2.24, 2.45) is 0 Å². The fraction of sp³-hybridized carbons (Fsp3) is 0.786. The van der Waals surface area contributed by atoms with Gasteiger partial charge in [-0.2, -0.15) is 0 Å². The van der Waals surface area contributed by atoms with Crippen LogP contribution in [-0.4, -0.2) is 44.9 Å². The Morgan fingerprint density at radius 1 is 1.09 bits per heavy atom. The van der Waals surface area contributed by atoms with E-state index in [0.29, 0.717) is 12.8 Å². The maximum Gasteiger partial charge on any atom is 0.336 e. The summed E-state index contributed by atoms with van der Waals surface area (Å²) < 4.78 is 5.12. The maximum atomic E-state index is 11.7. The third kappa shape index (κ3) is 8.58. The molecule has 0 heterocycles. The highest BCUT2D eigenvalue weighted by molar-refractivity contribution is 5.88. The molecule has 22 heavy (non-hydrogen) atoms. The third-order valence-electron chi connectivity index (χ3n) is 3.16. The standard InChI is InChI=1S/C14H24O7.H3N/c1-3-5-6-7-10(4-2)21-12(17)9-14(20,13(18)19)8-11(15)16;/h10,20H,3-9H2,1-2H3,(H,15,16)(H,18,19);1H3. The zero-order chi connectivity index (χ0) is 16.5. The van der Waals surface area contributed by atoms with Gasteiger partial charge in [0, 0.05) is 0 Å². The van der Waals surface area contributed by atoms with Crippen molar-refractivity contribution < 1.29 is 34.4 Å². The Hall–Kier alpha value is -1.67. The van der Waals surface area contributed by atoms with Crippen LogP contribution < -0.4 is 6.15 Å². The van der Waals surface area contributed by atoms with Crippen molar-refractivity contribution in [3.63, 3.8) is 0 Å². The van der Waals surface area contributed by atoms with Crippen LogP contribution in [0, 0.1) is 0 Å². The van der Waals surface area contributed by atoms with E-state index < -0.39 is 36.4 Å². The van der Waals surface area contributed by atoms with Crippen LogP contribution in [0.1, 0.15) is 58.8 Å². The number of ether oxygens (including phenoxy) is 1. The zero-order valence-corrected chi connectivity index (χ0v) is 13.2. The van der Waals surface area contributed by atoms with Crippen LogP contribution in [0.4, 0.5) is 0 Å². The van der Waals surface area contributed by atoms with Crippen molar-refractivity contribution in [1.82, 2.24) is 6.15 Å². The lowest BCUT2D eigenvalue weighted by atomic mass is 9.96. The Labute approximate surface area is 130 Å². The minimum Gasteiger partial charge on any atom is -0.481 e. The summed E-state index contributed by atoms with van der Waals surface area (Å²) in [4.78, 5) is 33.2. The van der Waals surface area contributed by atoms with E-state index in [2.05, 4.69) is 0 Å². The van der Waals surface area contributed by atoms with Gasteiger partial charge in [-0.1, -0.05) is 26.7 Å². The van der Waals surface area contributed by atoms with Gasteiger partial charge in [-0.15, -0.1) is 0 Å². The lowest BCUT2D eigenvalue weighted by Gasteiger charge is -2.22. The van der Waals surface area contributed by atoms with E-state index in [1.54, 1.807) is 0 Å². The SMILES string of the molecule is CCCCCC(CC)OC(=O)CC(O)(CC(=O)O)C(=O)O.N. The second-order valence-corrected chi connectivity index (χ2v) is 5.10. The molecule has 0 amide bonds. The second kappa shape index (κ2) is 11.0. The van der Waals surface area contributed by atoms with E-state index in [4.69, 9.17) is 14.9 Å². The van der Waals surface area contributed by atoms with Gasteiger partial charge in [-0.25, -0.2) is 4.79 Å². The Morgan fingerprint density at radius 2 is 1.68 bits per heavy atom. The molecule has 0 saturated carbocycles. The molecule has 0 radical (unpaired) electrons. The van der Waals surface area contributed by atoms with E-state index in [1.165, 1.54) is 0 Å². The van der Waals surface area contributed by atoms with Crippen LogP contribution in [-0.2, 0) is 19.1 Å². The first-order valence-corrected chi connectivity index (χ1v) is 7.12. The fourth-order valence-corrected chi connectivity index (χ4v) is 1.90. The van der Waals surface area contributed by atoms with E-state index in [1.807, 2.05) is 13.8 Å². The van der Waals surface area contributed by atoms with Gasteiger partial charge in [-0.3, -0.25) is 9.59 Å². The first kappa shape index (κ1) is 22.6. The van der Waals surface area contributed by atoms with E-state index in [9.17, 15) is 19.5 Å². The largest absolute Gasteiger partial charge is 0.481 e. The number of unbranched alkanes of at least 4 members (excludes halogenated alkanes) is 2. The van der Waals surface area contributed by atoms with Gasteiger partial charge in [0.15, 0.2) is 5.60 Å². The average Bonchev–Trinajstić information content (AvgIpc) is 2.36. The van der Waals surface area contributed by atoms with Gasteiger partial charge in [0.1, 0.15) is 6.10 Å². The van der Waals surface area contributed by atoms with Crippen molar-refractivity contribution in [3.05, 3.63) is 0 Å². The molecule has 0 aliphatic heterocycles. The molecule has 8 nitrogen and oxygen atoms in total. The smallest absolute Gasteiger partial charge is 0.336 e. The van der Waals surface area contributed by atoms with E-state index in [0.717, 1.165) is 19.3 Å². The molecule has 0 aromatic rings. The summed E-state index contributed by atoms with van der Waals surface area (Å²) >= 11 is 0. The Kier molecular flexibility index (Phi) is 11.3. The van der Waals surface area contributed by atoms with Gasteiger partial charge < -0.3 is 26.2 Å². The highest BCUT2D eigenvalue weighted by Gasteiger charge is 2.41. The number of carboxylic acid groups (broad SMARTS) is 2. The van der Waals surface area contributed by atoms with Gasteiger partial charge in [-0.05, 0) is 19.3 Å². The number of hydrogen-bond acceptors (Lipinski definition) is 6. The molecule has 0 aliphatic rings. The topological polar surface area (TPSA) is 156 Å². The Bertz CT molecular complexity index is 372. The third-order valence-corrected chi connectivity index (χ3v) is 3.16. The number of rotatable bonds is 11. The molecular weight excluding hydrogens is 294 g/mol. The summed E-state index contributed by atoms with van der Waals surface area (Å²) in [7, 11) is 0. The number of carbonyl (C=O) groups is 3. The summed E-state index contributed by atoms with van der Waals surface area (Å²) in [6, 6.07) is 0. The quantitative estimate of drug-likeness (QED) is 0.331. The molecule has 0 aromatic carbocycles. The minimum absolute atomic E-state index is 0. The van der Waals surface area contributed by atoms with Crippen molar-refractivity contribution >= 4 is 17.9 Å². The molecule has 0 fully saturated rings. The van der Waals surface area contributed by atoms with Gasteiger partial charge >= 0.3 is 17.9 Å². The molecule has 0 rings (SSSR count). The van der Waals surface area contributed by atoms with Crippen molar-refractivity contribution in [2.45, 2.75) is 70.5 Å². The first-order chi connectivity index (χ1) is 9.75. The van der Waals surface area contributed by atoms with Crippen LogP contribution >= 0.6 is 0 Å². The highest BCUT2D eigenvalue weighted by atomic mass is 16.5. The van der Waals surface area contributed by atoms with Crippen LogP contribution in [0.3, 0.4) is 0 Å². The first-order valence-electron chi connectivity index (χ1n) is 7.12. The monoisotopic (exact) mass is 321 g/mol. The lowest BCUT2D eigenvalue weighted by molar-refractivity contribution is -0.173. The lowest BCUT2D eigenvalue weighted by Crippen LogP contribution is -2.43. The number of aliphatic carboxylic acids is 2. The van der Waals surface area contributed by atoms with Crippen LogP contribution in [0.5, 0.6) is 0 Å². The number of aliphatic hydroxyl groups is 1. The van der Waals surface area contributed by atoms with Crippen molar-refractivity contribution in [1.29, 1.82) is 0 Å². The fourth-order valence-electron chi connectivity index (χ4n) is 1.90. The minimum atomic E-state index is -2.63. The molecule has 130 valence electrons. The molecule has 0 aromatic heterocycles. The van der Waals surface area contributed by atoms with Gasteiger partial charge in [0.25, 0.3) is 0 Å². The maximum absolute atomic E-state index is 11.7. The summed E-state index contributed by atoms with van der Waals surface area (Å²) in [5.74, 6) is -4.15. The molecule has 0 spiro atoms. The Morgan fingerprint density at radius 3 is 2.09 bits per heavy atom. The molecule has 0 aliphatic carbocycles.